The van der Waals surface area contributed by atoms with Crippen LogP contribution in [0, 0.1) is 11.8 Å². The number of methoxy groups -OCH3 is 1. The maximum atomic E-state index is 12.7. The smallest absolute Gasteiger partial charge is 0.550 e. The quantitative estimate of drug-likeness (QED) is 0.595. The van der Waals surface area contributed by atoms with Gasteiger partial charge in [0.25, 0.3) is 0 Å². The number of carbonyl (C=O) groups is 2. The Morgan fingerprint density at radius 1 is 1.20 bits per heavy atom. The van der Waals surface area contributed by atoms with E-state index >= 15 is 0 Å². The number of para-hydroxylation sites is 1. The van der Waals surface area contributed by atoms with Crippen molar-refractivity contribution < 1.29 is 53.7 Å². The summed E-state index contributed by atoms with van der Waals surface area (Å²) >= 11 is 0. The number of hydrogen-bond donors (Lipinski definition) is 1. The first-order chi connectivity index (χ1) is 11.6. The molecule has 0 aromatic heterocycles. The van der Waals surface area contributed by atoms with Crippen LogP contribution in [-0.2, 0) is 19.9 Å². The van der Waals surface area contributed by atoms with Gasteiger partial charge in [0.05, 0.1) is 12.6 Å². The molecule has 1 heterocycles. The molecule has 1 aromatic rings. The SMILES string of the molecule is COc1ccccc1C1(NC(=O)[C@@H]2CC[C@@H]2C(=O)[O-])CCOCC1.[Na+]. The van der Waals surface area contributed by atoms with Crippen LogP contribution in [0.2, 0.25) is 0 Å². The van der Waals surface area contributed by atoms with E-state index in [0.29, 0.717) is 44.6 Å². The fourth-order valence-corrected chi connectivity index (χ4v) is 3.65. The van der Waals surface area contributed by atoms with Crippen LogP contribution in [0.5, 0.6) is 5.75 Å². The van der Waals surface area contributed by atoms with Crippen molar-refractivity contribution in [2.75, 3.05) is 20.3 Å². The molecule has 1 aromatic carbocycles. The number of amides is 1. The normalized spacial score (nSPS) is 24.4. The van der Waals surface area contributed by atoms with Gasteiger partial charge in [0, 0.05) is 36.6 Å². The van der Waals surface area contributed by atoms with Gasteiger partial charge < -0.3 is 24.7 Å². The van der Waals surface area contributed by atoms with Crippen molar-refractivity contribution in [2.24, 2.45) is 11.8 Å². The van der Waals surface area contributed by atoms with Crippen LogP contribution in [0.3, 0.4) is 0 Å². The average Bonchev–Trinajstić information content (AvgIpc) is 2.54. The first-order valence-electron chi connectivity index (χ1n) is 8.31. The Morgan fingerprint density at radius 2 is 1.84 bits per heavy atom. The van der Waals surface area contributed by atoms with Crippen LogP contribution < -0.4 is 44.7 Å². The molecule has 2 aliphatic rings. The third kappa shape index (κ3) is 4.03. The molecule has 0 radical (unpaired) electrons. The number of benzene rings is 1. The third-order valence-electron chi connectivity index (χ3n) is 5.25. The fourth-order valence-electron chi connectivity index (χ4n) is 3.65. The summed E-state index contributed by atoms with van der Waals surface area (Å²) in [6.45, 7) is 1.07. The maximum absolute atomic E-state index is 12.7. The van der Waals surface area contributed by atoms with Gasteiger partial charge in [0.15, 0.2) is 0 Å². The van der Waals surface area contributed by atoms with Crippen molar-refractivity contribution in [1.29, 1.82) is 0 Å². The van der Waals surface area contributed by atoms with E-state index in [-0.39, 0.29) is 35.5 Å². The van der Waals surface area contributed by atoms with Crippen molar-refractivity contribution in [3.63, 3.8) is 0 Å². The van der Waals surface area contributed by atoms with Gasteiger partial charge in [-0.05, 0) is 31.7 Å². The zero-order valence-electron chi connectivity index (χ0n) is 14.7. The second-order valence-electron chi connectivity index (χ2n) is 6.49. The van der Waals surface area contributed by atoms with Gasteiger partial charge in [-0.1, -0.05) is 18.2 Å². The summed E-state index contributed by atoms with van der Waals surface area (Å²) in [5, 5.41) is 14.2. The van der Waals surface area contributed by atoms with Crippen LogP contribution in [-0.4, -0.2) is 32.2 Å². The minimum Gasteiger partial charge on any atom is -0.550 e. The number of ether oxygens (including phenoxy) is 2. The molecule has 2 fully saturated rings. The van der Waals surface area contributed by atoms with E-state index in [0.717, 1.165) is 5.56 Å². The number of carbonyl (C=O) groups excluding carboxylic acids is 2. The second kappa shape index (κ2) is 8.54. The molecule has 25 heavy (non-hydrogen) atoms. The molecule has 3 rings (SSSR count). The van der Waals surface area contributed by atoms with Crippen LogP contribution in [0.4, 0.5) is 0 Å². The van der Waals surface area contributed by atoms with E-state index < -0.39 is 23.3 Å². The van der Waals surface area contributed by atoms with Crippen molar-refractivity contribution in [3.8, 4) is 5.75 Å². The summed E-state index contributed by atoms with van der Waals surface area (Å²) in [6.07, 6.45) is 2.35. The third-order valence-corrected chi connectivity index (χ3v) is 5.25. The summed E-state index contributed by atoms with van der Waals surface area (Å²) in [5.74, 6) is -1.84. The first-order valence-corrected chi connectivity index (χ1v) is 8.31. The van der Waals surface area contributed by atoms with Gasteiger partial charge in [0.2, 0.25) is 5.91 Å². The monoisotopic (exact) mass is 355 g/mol. The molecule has 1 saturated heterocycles. The zero-order valence-corrected chi connectivity index (χ0v) is 16.7. The van der Waals surface area contributed by atoms with Crippen LogP contribution in [0.15, 0.2) is 24.3 Å². The summed E-state index contributed by atoms with van der Waals surface area (Å²) in [7, 11) is 1.60. The number of carboxylic acids is 1. The minimum absolute atomic E-state index is 0. The molecule has 1 amide bonds. The van der Waals surface area contributed by atoms with Crippen LogP contribution in [0.25, 0.3) is 0 Å². The molecule has 130 valence electrons. The predicted octanol–water partition coefficient (Wildman–Crippen LogP) is -2.40. The minimum atomic E-state index is -1.14. The Kier molecular flexibility index (Phi) is 6.91. The standard InChI is InChI=1S/C18H23NO5.Na/c1-23-15-5-3-2-4-14(15)18(8-10-24-11-9-18)19-16(20)12-6-7-13(12)17(21)22;/h2-5,12-13H,6-11H2,1H3,(H,19,20)(H,21,22);/q;+1/p-1/t12-,13+;/m1./s1. The molecule has 0 unspecified atom stereocenters. The van der Waals surface area contributed by atoms with Gasteiger partial charge in [-0.15, -0.1) is 0 Å². The molecule has 7 heteroatoms. The van der Waals surface area contributed by atoms with Crippen molar-refractivity contribution in [1.82, 2.24) is 5.32 Å². The summed E-state index contributed by atoms with van der Waals surface area (Å²) in [4.78, 5) is 23.8. The average molecular weight is 355 g/mol. The molecule has 1 saturated carbocycles. The molecular formula is C18H22NNaO5. The molecule has 6 nitrogen and oxygen atoms in total. The van der Waals surface area contributed by atoms with Gasteiger partial charge in [0.1, 0.15) is 5.75 Å². The van der Waals surface area contributed by atoms with Crippen molar-refractivity contribution >= 4 is 11.9 Å². The van der Waals surface area contributed by atoms with E-state index in [1.54, 1.807) is 7.11 Å². The van der Waals surface area contributed by atoms with Crippen LogP contribution >= 0.6 is 0 Å². The Balaban J connectivity index is 0.00000225. The Morgan fingerprint density at radius 3 is 2.40 bits per heavy atom. The van der Waals surface area contributed by atoms with E-state index in [9.17, 15) is 14.7 Å². The Labute approximate surface area is 169 Å². The summed E-state index contributed by atoms with van der Waals surface area (Å²) in [6, 6.07) is 7.61. The van der Waals surface area contributed by atoms with Gasteiger partial charge in [-0.3, -0.25) is 4.79 Å². The fraction of sp³-hybridized carbons (Fsp3) is 0.556. The van der Waals surface area contributed by atoms with E-state index in [4.69, 9.17) is 9.47 Å². The topological polar surface area (TPSA) is 87.7 Å². The van der Waals surface area contributed by atoms with E-state index in [2.05, 4.69) is 5.32 Å². The first kappa shape index (κ1) is 20.2. The van der Waals surface area contributed by atoms with Crippen LogP contribution in [0.1, 0.15) is 31.2 Å². The number of nitrogens with one attached hydrogen (secondary N) is 1. The number of carboxylic acid groups (broad SMARTS) is 1. The van der Waals surface area contributed by atoms with E-state index in [1.165, 1.54) is 0 Å². The molecule has 0 bridgehead atoms. The summed E-state index contributed by atoms with van der Waals surface area (Å²) in [5.41, 5.74) is 0.321. The molecule has 1 N–H and O–H groups in total. The summed E-state index contributed by atoms with van der Waals surface area (Å²) < 4.78 is 10.9. The van der Waals surface area contributed by atoms with Crippen molar-refractivity contribution in [2.45, 2.75) is 31.2 Å². The van der Waals surface area contributed by atoms with Gasteiger partial charge >= 0.3 is 29.6 Å². The van der Waals surface area contributed by atoms with Gasteiger partial charge in [-0.2, -0.15) is 0 Å². The predicted molar refractivity (Wildman–Crippen MR) is 84.1 cm³/mol. The second-order valence-corrected chi connectivity index (χ2v) is 6.49. The molecule has 1 aliphatic carbocycles. The Bertz CT molecular complexity index is 630. The van der Waals surface area contributed by atoms with Crippen molar-refractivity contribution in [3.05, 3.63) is 29.8 Å². The molecule has 1 aliphatic heterocycles. The molecule has 2 atom stereocenters. The van der Waals surface area contributed by atoms with E-state index in [1.807, 2.05) is 24.3 Å². The number of rotatable bonds is 5. The maximum Gasteiger partial charge on any atom is 1.00 e. The molecular weight excluding hydrogens is 333 g/mol. The zero-order chi connectivity index (χ0) is 17.2. The number of hydrogen-bond acceptors (Lipinski definition) is 5. The Hall–Kier alpha value is -1.08. The van der Waals surface area contributed by atoms with Gasteiger partial charge in [-0.25, -0.2) is 0 Å². The largest absolute Gasteiger partial charge is 1.00 e. The number of aliphatic carboxylic acids is 1. The molecule has 0 spiro atoms.